The summed E-state index contributed by atoms with van der Waals surface area (Å²) in [4.78, 5) is 12.2. The van der Waals surface area contributed by atoms with E-state index in [-0.39, 0.29) is 11.7 Å². The Labute approximate surface area is 100 Å². The summed E-state index contributed by atoms with van der Waals surface area (Å²) in [6, 6.07) is 11.3. The molecule has 2 N–H and O–H groups in total. The highest BCUT2D eigenvalue weighted by Gasteiger charge is 2.22. The van der Waals surface area contributed by atoms with Crippen molar-refractivity contribution in [2.75, 3.05) is 6.54 Å². The van der Waals surface area contributed by atoms with Gasteiger partial charge >= 0.3 is 0 Å². The van der Waals surface area contributed by atoms with E-state index >= 15 is 0 Å². The molecule has 1 atom stereocenters. The number of rotatable bonds is 4. The van der Waals surface area contributed by atoms with E-state index in [2.05, 4.69) is 5.10 Å². The number of nitrogens with two attached hydrogens (primary N) is 1. The zero-order chi connectivity index (χ0) is 12.3. The van der Waals surface area contributed by atoms with Crippen molar-refractivity contribution in [3.05, 3.63) is 53.9 Å². The van der Waals surface area contributed by atoms with Gasteiger partial charge in [-0.25, -0.2) is 0 Å². The van der Waals surface area contributed by atoms with Gasteiger partial charge in [0.1, 0.15) is 5.69 Å². The van der Waals surface area contributed by atoms with Crippen LogP contribution in [0.4, 0.5) is 0 Å². The van der Waals surface area contributed by atoms with Crippen LogP contribution in [-0.4, -0.2) is 22.1 Å². The first kappa shape index (κ1) is 11.5. The van der Waals surface area contributed by atoms with Gasteiger partial charge in [0.2, 0.25) is 0 Å². The molecule has 1 heterocycles. The Morgan fingerprint density at radius 3 is 2.59 bits per heavy atom. The molecule has 17 heavy (non-hydrogen) atoms. The van der Waals surface area contributed by atoms with Crippen molar-refractivity contribution >= 4 is 5.78 Å². The topological polar surface area (TPSA) is 60.9 Å². The van der Waals surface area contributed by atoms with Crippen LogP contribution in [0.2, 0.25) is 0 Å². The van der Waals surface area contributed by atoms with Crippen molar-refractivity contribution in [2.45, 2.75) is 5.92 Å². The third-order valence-corrected chi connectivity index (χ3v) is 2.72. The first-order valence-corrected chi connectivity index (χ1v) is 5.51. The lowest BCUT2D eigenvalue weighted by Crippen LogP contribution is -2.22. The van der Waals surface area contributed by atoms with Gasteiger partial charge in [0, 0.05) is 19.8 Å². The number of aromatic nitrogens is 2. The van der Waals surface area contributed by atoms with E-state index in [0.29, 0.717) is 12.2 Å². The summed E-state index contributed by atoms with van der Waals surface area (Å²) in [5.74, 6) is -0.342. The average molecular weight is 229 g/mol. The van der Waals surface area contributed by atoms with Gasteiger partial charge in [0.15, 0.2) is 5.78 Å². The Hall–Kier alpha value is -1.94. The summed E-state index contributed by atoms with van der Waals surface area (Å²) in [5.41, 5.74) is 7.09. The third-order valence-electron chi connectivity index (χ3n) is 2.72. The molecule has 0 fully saturated rings. The van der Waals surface area contributed by atoms with Gasteiger partial charge < -0.3 is 5.73 Å². The van der Waals surface area contributed by atoms with Gasteiger partial charge in [0.05, 0.1) is 5.92 Å². The van der Waals surface area contributed by atoms with Crippen LogP contribution in [0.25, 0.3) is 0 Å². The van der Waals surface area contributed by atoms with Crippen LogP contribution in [0, 0.1) is 0 Å². The summed E-state index contributed by atoms with van der Waals surface area (Å²) >= 11 is 0. The van der Waals surface area contributed by atoms with Crippen LogP contribution in [0.3, 0.4) is 0 Å². The minimum atomic E-state index is -0.314. The van der Waals surface area contributed by atoms with E-state index in [0.717, 1.165) is 5.56 Å². The molecule has 1 aromatic heterocycles. The monoisotopic (exact) mass is 229 g/mol. The van der Waals surface area contributed by atoms with Crippen molar-refractivity contribution in [1.29, 1.82) is 0 Å². The number of Topliss-reactive ketones (excluding diaryl/α,β-unsaturated/α-hetero) is 1. The molecular weight excluding hydrogens is 214 g/mol. The zero-order valence-corrected chi connectivity index (χ0v) is 9.71. The normalized spacial score (nSPS) is 12.4. The Bertz CT molecular complexity index is 504. The summed E-state index contributed by atoms with van der Waals surface area (Å²) in [7, 11) is 1.79. The molecule has 4 heteroatoms. The maximum absolute atomic E-state index is 12.2. The molecule has 0 aliphatic heterocycles. The van der Waals surface area contributed by atoms with E-state index in [1.807, 2.05) is 30.3 Å². The van der Waals surface area contributed by atoms with Gasteiger partial charge in [-0.15, -0.1) is 0 Å². The largest absolute Gasteiger partial charge is 0.329 e. The molecule has 1 aromatic carbocycles. The predicted molar refractivity (Wildman–Crippen MR) is 65.8 cm³/mol. The molecule has 0 saturated carbocycles. The van der Waals surface area contributed by atoms with Crippen LogP contribution >= 0.6 is 0 Å². The number of carbonyl (C=O) groups is 1. The molecule has 0 spiro atoms. The van der Waals surface area contributed by atoms with Crippen molar-refractivity contribution in [3.63, 3.8) is 0 Å². The van der Waals surface area contributed by atoms with Crippen LogP contribution in [0.5, 0.6) is 0 Å². The first-order valence-electron chi connectivity index (χ1n) is 5.51. The van der Waals surface area contributed by atoms with Gasteiger partial charge in [-0.3, -0.25) is 9.48 Å². The van der Waals surface area contributed by atoms with Gasteiger partial charge in [0.25, 0.3) is 0 Å². The maximum Gasteiger partial charge on any atom is 0.191 e. The first-order chi connectivity index (χ1) is 8.22. The molecule has 0 aliphatic carbocycles. The number of benzene rings is 1. The van der Waals surface area contributed by atoms with E-state index in [9.17, 15) is 4.79 Å². The number of hydrogen-bond donors (Lipinski definition) is 1. The van der Waals surface area contributed by atoms with Crippen LogP contribution in [0.1, 0.15) is 22.0 Å². The molecule has 0 radical (unpaired) electrons. The number of nitrogens with zero attached hydrogens (tertiary/aromatic N) is 2. The average Bonchev–Trinajstić information content (AvgIpc) is 2.78. The molecule has 0 saturated heterocycles. The zero-order valence-electron chi connectivity index (χ0n) is 9.71. The smallest absolute Gasteiger partial charge is 0.191 e. The fourth-order valence-electron chi connectivity index (χ4n) is 1.80. The summed E-state index contributed by atoms with van der Waals surface area (Å²) in [5, 5.41) is 4.12. The van der Waals surface area contributed by atoms with Gasteiger partial charge in [-0.2, -0.15) is 5.10 Å². The highest BCUT2D eigenvalue weighted by atomic mass is 16.1. The van der Waals surface area contributed by atoms with Crippen LogP contribution < -0.4 is 5.73 Å². The summed E-state index contributed by atoms with van der Waals surface area (Å²) in [6.45, 7) is 0.291. The third kappa shape index (κ3) is 2.42. The molecule has 1 unspecified atom stereocenters. The highest BCUT2D eigenvalue weighted by molar-refractivity contribution is 5.99. The molecule has 0 amide bonds. The highest BCUT2D eigenvalue weighted by Crippen LogP contribution is 2.18. The number of aryl methyl sites for hydroxylation is 1. The molecule has 2 rings (SSSR count). The maximum atomic E-state index is 12.2. The SMILES string of the molecule is Cn1ccc(C(=O)C(CN)c2ccccc2)n1. The van der Waals surface area contributed by atoms with Gasteiger partial charge in [-0.05, 0) is 11.6 Å². The predicted octanol–water partition coefficient (Wildman–Crippen LogP) is 1.35. The second kappa shape index (κ2) is 4.93. The van der Waals surface area contributed by atoms with E-state index in [1.54, 1.807) is 24.0 Å². The van der Waals surface area contributed by atoms with Crippen molar-refractivity contribution in [3.8, 4) is 0 Å². The second-order valence-corrected chi connectivity index (χ2v) is 3.94. The molecule has 2 aromatic rings. The number of ketones is 1. The Kier molecular flexibility index (Phi) is 3.35. The van der Waals surface area contributed by atoms with Crippen LogP contribution in [-0.2, 0) is 7.05 Å². The minimum absolute atomic E-state index is 0.0284. The molecule has 88 valence electrons. The molecule has 0 bridgehead atoms. The molecular formula is C13H15N3O. The van der Waals surface area contributed by atoms with Crippen LogP contribution in [0.15, 0.2) is 42.6 Å². The lowest BCUT2D eigenvalue weighted by molar-refractivity contribution is 0.0956. The number of hydrogen-bond acceptors (Lipinski definition) is 3. The van der Waals surface area contributed by atoms with E-state index in [4.69, 9.17) is 5.73 Å². The fourth-order valence-corrected chi connectivity index (χ4v) is 1.80. The van der Waals surface area contributed by atoms with E-state index in [1.165, 1.54) is 0 Å². The van der Waals surface area contributed by atoms with Crippen molar-refractivity contribution in [1.82, 2.24) is 9.78 Å². The molecule has 4 nitrogen and oxygen atoms in total. The Balaban J connectivity index is 2.28. The fraction of sp³-hybridized carbons (Fsp3) is 0.231. The second-order valence-electron chi connectivity index (χ2n) is 3.94. The lowest BCUT2D eigenvalue weighted by Gasteiger charge is -2.12. The number of carbonyl (C=O) groups excluding carboxylic acids is 1. The van der Waals surface area contributed by atoms with Gasteiger partial charge in [-0.1, -0.05) is 30.3 Å². The lowest BCUT2D eigenvalue weighted by atomic mass is 9.93. The Morgan fingerprint density at radius 2 is 2.06 bits per heavy atom. The Morgan fingerprint density at radius 1 is 1.35 bits per heavy atom. The summed E-state index contributed by atoms with van der Waals surface area (Å²) < 4.78 is 1.62. The van der Waals surface area contributed by atoms with Crippen molar-refractivity contribution < 1.29 is 4.79 Å². The quantitative estimate of drug-likeness (QED) is 0.805. The molecule has 0 aliphatic rings. The summed E-state index contributed by atoms with van der Waals surface area (Å²) in [6.07, 6.45) is 1.76. The minimum Gasteiger partial charge on any atom is -0.329 e. The van der Waals surface area contributed by atoms with Crippen molar-refractivity contribution in [2.24, 2.45) is 12.8 Å². The van der Waals surface area contributed by atoms with E-state index < -0.39 is 0 Å². The standard InChI is InChI=1S/C13H15N3O/c1-16-8-7-12(15-16)13(17)11(9-14)10-5-3-2-4-6-10/h2-8,11H,9,14H2,1H3.